The lowest BCUT2D eigenvalue weighted by Crippen LogP contribution is -2.28. The van der Waals surface area contributed by atoms with Gasteiger partial charge in [-0.25, -0.2) is 4.39 Å². The molecule has 0 heterocycles. The van der Waals surface area contributed by atoms with Crippen LogP contribution < -0.4 is 10.1 Å². The van der Waals surface area contributed by atoms with E-state index >= 15 is 0 Å². The number of hydrogen-bond acceptors (Lipinski definition) is 2. The standard InChI is InChI=1S/C17H18FNO2/c1-3-15(14-6-4-5-7-16(14)21-2)19-17(20)12-8-10-13(18)11-9-12/h4-11,15H,3H2,1-2H3,(H,19,20). The topological polar surface area (TPSA) is 38.3 Å². The number of nitrogens with one attached hydrogen (secondary N) is 1. The molecule has 0 saturated carbocycles. The van der Waals surface area contributed by atoms with Crippen molar-refractivity contribution < 1.29 is 13.9 Å². The van der Waals surface area contributed by atoms with Gasteiger partial charge in [0.05, 0.1) is 13.2 Å². The molecule has 0 radical (unpaired) electrons. The molecule has 2 aromatic carbocycles. The Bertz CT molecular complexity index is 610. The van der Waals surface area contributed by atoms with Crippen molar-refractivity contribution in [3.05, 3.63) is 65.5 Å². The molecule has 0 saturated heterocycles. The Morgan fingerprint density at radius 3 is 2.48 bits per heavy atom. The van der Waals surface area contributed by atoms with Crippen LogP contribution in [0.4, 0.5) is 4.39 Å². The van der Waals surface area contributed by atoms with Crippen molar-refractivity contribution in [2.75, 3.05) is 7.11 Å². The second-order valence-electron chi connectivity index (χ2n) is 4.68. The molecular weight excluding hydrogens is 269 g/mol. The van der Waals surface area contributed by atoms with Crippen LogP contribution in [0.25, 0.3) is 0 Å². The molecule has 1 N–H and O–H groups in total. The highest BCUT2D eigenvalue weighted by Gasteiger charge is 2.17. The van der Waals surface area contributed by atoms with Gasteiger partial charge in [0.25, 0.3) is 5.91 Å². The lowest BCUT2D eigenvalue weighted by Gasteiger charge is -2.20. The second kappa shape index (κ2) is 6.88. The van der Waals surface area contributed by atoms with Gasteiger partial charge in [-0.3, -0.25) is 4.79 Å². The van der Waals surface area contributed by atoms with E-state index in [9.17, 15) is 9.18 Å². The van der Waals surface area contributed by atoms with E-state index in [2.05, 4.69) is 5.32 Å². The normalized spacial score (nSPS) is 11.8. The number of rotatable bonds is 5. The Labute approximate surface area is 123 Å². The third-order valence-corrected chi connectivity index (χ3v) is 3.33. The first-order valence-electron chi connectivity index (χ1n) is 6.85. The summed E-state index contributed by atoms with van der Waals surface area (Å²) in [5.41, 5.74) is 1.36. The maximum Gasteiger partial charge on any atom is 0.251 e. The van der Waals surface area contributed by atoms with Crippen molar-refractivity contribution in [3.63, 3.8) is 0 Å². The summed E-state index contributed by atoms with van der Waals surface area (Å²) >= 11 is 0. The van der Waals surface area contributed by atoms with Gasteiger partial charge in [0.1, 0.15) is 11.6 Å². The summed E-state index contributed by atoms with van der Waals surface area (Å²) in [7, 11) is 1.60. The van der Waals surface area contributed by atoms with Crippen LogP contribution in [0.15, 0.2) is 48.5 Å². The molecule has 110 valence electrons. The van der Waals surface area contributed by atoms with Crippen LogP contribution in [0, 0.1) is 5.82 Å². The Balaban J connectivity index is 2.19. The fourth-order valence-corrected chi connectivity index (χ4v) is 2.20. The Morgan fingerprint density at radius 2 is 1.86 bits per heavy atom. The zero-order valence-electron chi connectivity index (χ0n) is 12.1. The summed E-state index contributed by atoms with van der Waals surface area (Å²) < 4.78 is 18.2. The Morgan fingerprint density at radius 1 is 1.19 bits per heavy atom. The van der Waals surface area contributed by atoms with Crippen molar-refractivity contribution in [1.29, 1.82) is 0 Å². The first-order chi connectivity index (χ1) is 10.2. The lowest BCUT2D eigenvalue weighted by atomic mass is 10.0. The van der Waals surface area contributed by atoms with Crippen molar-refractivity contribution in [2.45, 2.75) is 19.4 Å². The molecule has 0 aromatic heterocycles. The number of methoxy groups -OCH3 is 1. The number of carbonyl (C=O) groups excluding carboxylic acids is 1. The molecule has 0 bridgehead atoms. The van der Waals surface area contributed by atoms with E-state index in [1.54, 1.807) is 7.11 Å². The molecule has 0 fully saturated rings. The number of benzene rings is 2. The molecule has 0 aliphatic rings. The molecule has 2 aromatic rings. The SMILES string of the molecule is CCC(NC(=O)c1ccc(F)cc1)c1ccccc1OC. The van der Waals surface area contributed by atoms with Gasteiger partial charge in [-0.15, -0.1) is 0 Å². The van der Waals surface area contributed by atoms with Crippen molar-refractivity contribution in [3.8, 4) is 5.75 Å². The van der Waals surface area contributed by atoms with Crippen LogP contribution in [0.3, 0.4) is 0 Å². The van der Waals surface area contributed by atoms with Gasteiger partial charge < -0.3 is 10.1 Å². The molecule has 4 heteroatoms. The highest BCUT2D eigenvalue weighted by atomic mass is 19.1. The highest BCUT2D eigenvalue weighted by Crippen LogP contribution is 2.27. The number of hydrogen-bond donors (Lipinski definition) is 1. The average Bonchev–Trinajstić information content (AvgIpc) is 2.53. The van der Waals surface area contributed by atoms with Gasteiger partial charge in [-0.2, -0.15) is 0 Å². The summed E-state index contributed by atoms with van der Waals surface area (Å²) in [5, 5.41) is 2.95. The van der Waals surface area contributed by atoms with E-state index in [-0.39, 0.29) is 17.8 Å². The molecular formula is C17H18FNO2. The molecule has 1 atom stereocenters. The zero-order chi connectivity index (χ0) is 15.2. The van der Waals surface area contributed by atoms with E-state index in [0.29, 0.717) is 5.56 Å². The predicted octanol–water partition coefficient (Wildman–Crippen LogP) is 3.72. The number of halogens is 1. The van der Waals surface area contributed by atoms with Crippen molar-refractivity contribution in [1.82, 2.24) is 5.32 Å². The summed E-state index contributed by atoms with van der Waals surface area (Å²) in [4.78, 5) is 12.2. The predicted molar refractivity (Wildman–Crippen MR) is 79.9 cm³/mol. The number of para-hydroxylation sites is 1. The second-order valence-corrected chi connectivity index (χ2v) is 4.68. The first-order valence-corrected chi connectivity index (χ1v) is 6.85. The van der Waals surface area contributed by atoms with Crippen LogP contribution in [0.2, 0.25) is 0 Å². The van der Waals surface area contributed by atoms with E-state index in [0.717, 1.165) is 17.7 Å². The largest absolute Gasteiger partial charge is 0.496 e. The van der Waals surface area contributed by atoms with Crippen LogP contribution in [-0.4, -0.2) is 13.0 Å². The van der Waals surface area contributed by atoms with Gasteiger partial charge in [-0.05, 0) is 36.8 Å². The summed E-state index contributed by atoms with van der Waals surface area (Å²) in [6, 6.07) is 12.9. The maximum absolute atomic E-state index is 12.9. The van der Waals surface area contributed by atoms with E-state index in [4.69, 9.17) is 4.74 Å². The number of amides is 1. The fourth-order valence-electron chi connectivity index (χ4n) is 2.20. The summed E-state index contributed by atoms with van der Waals surface area (Å²) in [6.07, 6.45) is 0.729. The van der Waals surface area contributed by atoms with Crippen LogP contribution in [0.5, 0.6) is 5.75 Å². The van der Waals surface area contributed by atoms with E-state index in [1.165, 1.54) is 24.3 Å². The molecule has 3 nitrogen and oxygen atoms in total. The van der Waals surface area contributed by atoms with Crippen molar-refractivity contribution >= 4 is 5.91 Å². The van der Waals surface area contributed by atoms with E-state index < -0.39 is 0 Å². The van der Waals surface area contributed by atoms with Crippen LogP contribution in [-0.2, 0) is 0 Å². The minimum absolute atomic E-state index is 0.154. The van der Waals surface area contributed by atoms with E-state index in [1.807, 2.05) is 31.2 Å². The van der Waals surface area contributed by atoms with Gasteiger partial charge >= 0.3 is 0 Å². The molecule has 1 amide bonds. The number of carbonyl (C=O) groups is 1. The minimum atomic E-state index is -0.358. The van der Waals surface area contributed by atoms with Gasteiger partial charge in [0.15, 0.2) is 0 Å². The Kier molecular flexibility index (Phi) is 4.93. The molecule has 21 heavy (non-hydrogen) atoms. The van der Waals surface area contributed by atoms with Gasteiger partial charge in [0, 0.05) is 11.1 Å². The smallest absolute Gasteiger partial charge is 0.251 e. The third-order valence-electron chi connectivity index (χ3n) is 3.33. The average molecular weight is 287 g/mol. The quantitative estimate of drug-likeness (QED) is 0.910. The third kappa shape index (κ3) is 3.60. The van der Waals surface area contributed by atoms with Gasteiger partial charge in [-0.1, -0.05) is 25.1 Å². The maximum atomic E-state index is 12.9. The van der Waals surface area contributed by atoms with Crippen LogP contribution in [0.1, 0.15) is 35.3 Å². The molecule has 2 rings (SSSR count). The Hall–Kier alpha value is -2.36. The summed E-state index contributed by atoms with van der Waals surface area (Å²) in [5.74, 6) is 0.153. The monoisotopic (exact) mass is 287 g/mol. The fraction of sp³-hybridized carbons (Fsp3) is 0.235. The molecule has 0 aliphatic carbocycles. The minimum Gasteiger partial charge on any atom is -0.496 e. The lowest BCUT2D eigenvalue weighted by molar-refractivity contribution is 0.0935. The van der Waals surface area contributed by atoms with Crippen molar-refractivity contribution in [2.24, 2.45) is 0 Å². The first kappa shape index (κ1) is 15.0. The summed E-state index contributed by atoms with van der Waals surface area (Å²) in [6.45, 7) is 1.99. The number of ether oxygens (including phenoxy) is 1. The molecule has 0 aliphatic heterocycles. The molecule has 1 unspecified atom stereocenters. The van der Waals surface area contributed by atoms with Gasteiger partial charge in [0.2, 0.25) is 0 Å². The highest BCUT2D eigenvalue weighted by molar-refractivity contribution is 5.94. The zero-order valence-corrected chi connectivity index (χ0v) is 12.1. The molecule has 0 spiro atoms. The van der Waals surface area contributed by atoms with Crippen LogP contribution >= 0.6 is 0 Å².